The molecule has 8 heteroatoms. The molecule has 1 fully saturated rings. The van der Waals surface area contributed by atoms with Gasteiger partial charge in [-0.25, -0.2) is 9.59 Å². The topological polar surface area (TPSA) is 94.2 Å². The van der Waals surface area contributed by atoms with Crippen LogP contribution in [0.3, 0.4) is 0 Å². The Morgan fingerprint density at radius 1 is 1.18 bits per heavy atom. The van der Waals surface area contributed by atoms with Gasteiger partial charge in [0.15, 0.2) is 0 Å². The van der Waals surface area contributed by atoms with Crippen LogP contribution in [0.1, 0.15) is 32.8 Å². The maximum absolute atomic E-state index is 12.3. The minimum absolute atomic E-state index is 0.102. The van der Waals surface area contributed by atoms with Crippen molar-refractivity contribution in [1.29, 1.82) is 0 Å². The van der Waals surface area contributed by atoms with Gasteiger partial charge in [0, 0.05) is 19.1 Å². The monoisotopic (exact) mass is 392 g/mol. The number of rotatable bonds is 4. The van der Waals surface area contributed by atoms with E-state index in [1.165, 1.54) is 12.0 Å². The Kier molecular flexibility index (Phi) is 7.25. The maximum atomic E-state index is 12.3. The minimum atomic E-state index is -0.699. The smallest absolute Gasteiger partial charge is 0.410 e. The van der Waals surface area contributed by atoms with Crippen LogP contribution in [0.2, 0.25) is 0 Å². The average molecular weight is 392 g/mol. The molecule has 1 heterocycles. The van der Waals surface area contributed by atoms with Crippen LogP contribution >= 0.6 is 0 Å². The van der Waals surface area contributed by atoms with Gasteiger partial charge in [-0.05, 0) is 32.8 Å². The molecule has 154 valence electrons. The van der Waals surface area contributed by atoms with E-state index >= 15 is 0 Å². The number of hydrogen-bond donors (Lipinski definition) is 1. The van der Waals surface area contributed by atoms with Gasteiger partial charge in [-0.3, -0.25) is 4.79 Å². The van der Waals surface area contributed by atoms with Crippen molar-refractivity contribution in [2.45, 2.75) is 45.4 Å². The Bertz CT molecular complexity index is 686. The average Bonchev–Trinajstić information content (AvgIpc) is 2.65. The summed E-state index contributed by atoms with van der Waals surface area (Å²) < 4.78 is 15.4. The van der Waals surface area contributed by atoms with E-state index in [4.69, 9.17) is 14.2 Å². The number of amides is 2. The first kappa shape index (κ1) is 21.5. The number of hydrogen-bond acceptors (Lipinski definition) is 6. The van der Waals surface area contributed by atoms with E-state index < -0.39 is 35.7 Å². The Hall–Kier alpha value is -2.77. The summed E-state index contributed by atoms with van der Waals surface area (Å²) >= 11 is 0. The molecule has 1 saturated heterocycles. The molecular weight excluding hydrogens is 364 g/mol. The molecule has 8 nitrogen and oxygen atoms in total. The Labute approximate surface area is 165 Å². The van der Waals surface area contributed by atoms with Crippen LogP contribution in [-0.4, -0.2) is 54.9 Å². The van der Waals surface area contributed by atoms with E-state index in [-0.39, 0.29) is 13.2 Å². The number of alkyl carbamates (subject to hydrolysis) is 1. The van der Waals surface area contributed by atoms with Gasteiger partial charge in [-0.1, -0.05) is 30.3 Å². The normalized spacial score (nSPS) is 19.5. The SMILES string of the molecule is COC(=O)C1CN(C(=O)OC(C)(C)C)CCC1NC(=O)OCc1ccccc1. The van der Waals surface area contributed by atoms with Gasteiger partial charge < -0.3 is 24.4 Å². The molecule has 28 heavy (non-hydrogen) atoms. The second kappa shape index (κ2) is 9.43. The standard InChI is InChI=1S/C20H28N2O6/c1-20(2,3)28-19(25)22-11-10-16(15(12-22)17(23)26-4)21-18(24)27-13-14-8-6-5-7-9-14/h5-9,15-16H,10-13H2,1-4H3,(H,21,24). The number of methoxy groups -OCH3 is 1. The number of benzene rings is 1. The molecule has 0 aromatic heterocycles. The first-order chi connectivity index (χ1) is 13.2. The lowest BCUT2D eigenvalue weighted by molar-refractivity contribution is -0.148. The number of ether oxygens (including phenoxy) is 3. The second-order valence-electron chi connectivity index (χ2n) is 7.66. The molecule has 1 aliphatic heterocycles. The summed E-state index contributed by atoms with van der Waals surface area (Å²) in [5.41, 5.74) is 0.232. The van der Waals surface area contributed by atoms with Crippen molar-refractivity contribution in [2.75, 3.05) is 20.2 Å². The summed E-state index contributed by atoms with van der Waals surface area (Å²) in [4.78, 5) is 38.1. The van der Waals surface area contributed by atoms with Crippen LogP contribution in [0, 0.1) is 5.92 Å². The molecule has 1 aromatic carbocycles. The Morgan fingerprint density at radius 3 is 2.46 bits per heavy atom. The first-order valence-corrected chi connectivity index (χ1v) is 9.22. The van der Waals surface area contributed by atoms with E-state index in [2.05, 4.69) is 5.32 Å². The quantitative estimate of drug-likeness (QED) is 0.625. The minimum Gasteiger partial charge on any atom is -0.469 e. The zero-order valence-corrected chi connectivity index (χ0v) is 16.8. The van der Waals surface area contributed by atoms with Crippen LogP contribution in [0.15, 0.2) is 30.3 Å². The molecule has 0 spiro atoms. The van der Waals surface area contributed by atoms with Gasteiger partial charge in [0.05, 0.1) is 13.0 Å². The second-order valence-corrected chi connectivity index (χ2v) is 7.66. The van der Waals surface area contributed by atoms with Crippen molar-refractivity contribution in [2.24, 2.45) is 5.92 Å². The highest BCUT2D eigenvalue weighted by atomic mass is 16.6. The molecule has 0 bridgehead atoms. The third-order valence-corrected chi connectivity index (χ3v) is 4.28. The van der Waals surface area contributed by atoms with E-state index in [1.807, 2.05) is 30.3 Å². The first-order valence-electron chi connectivity index (χ1n) is 9.22. The molecule has 2 amide bonds. The zero-order valence-electron chi connectivity index (χ0n) is 16.8. The molecule has 2 atom stereocenters. The lowest BCUT2D eigenvalue weighted by atomic mass is 9.92. The van der Waals surface area contributed by atoms with Crippen LogP contribution < -0.4 is 5.32 Å². The number of nitrogens with one attached hydrogen (secondary N) is 1. The van der Waals surface area contributed by atoms with Gasteiger partial charge >= 0.3 is 18.2 Å². The number of piperidine rings is 1. The lowest BCUT2D eigenvalue weighted by Crippen LogP contribution is -2.55. The fraction of sp³-hybridized carbons (Fsp3) is 0.550. The molecule has 1 aliphatic rings. The summed E-state index contributed by atoms with van der Waals surface area (Å²) in [6.45, 7) is 5.92. The summed E-state index contributed by atoms with van der Waals surface area (Å²) in [6.07, 6.45) is -0.723. The molecule has 1 N–H and O–H groups in total. The van der Waals surface area contributed by atoms with E-state index in [0.717, 1.165) is 5.56 Å². The van der Waals surface area contributed by atoms with Gasteiger partial charge in [-0.2, -0.15) is 0 Å². The fourth-order valence-corrected chi connectivity index (χ4v) is 2.92. The van der Waals surface area contributed by atoms with E-state index in [1.54, 1.807) is 20.8 Å². The predicted octanol–water partition coefficient (Wildman–Crippen LogP) is 2.71. The largest absolute Gasteiger partial charge is 0.469 e. The third-order valence-electron chi connectivity index (χ3n) is 4.28. The molecule has 0 radical (unpaired) electrons. The zero-order chi connectivity index (χ0) is 20.7. The Morgan fingerprint density at radius 2 is 1.86 bits per heavy atom. The van der Waals surface area contributed by atoms with Crippen molar-refractivity contribution in [3.8, 4) is 0 Å². The number of nitrogens with zero attached hydrogens (tertiary/aromatic N) is 1. The highest BCUT2D eigenvalue weighted by Crippen LogP contribution is 2.21. The van der Waals surface area contributed by atoms with Crippen molar-refractivity contribution in [3.05, 3.63) is 35.9 Å². The van der Waals surface area contributed by atoms with Crippen molar-refractivity contribution < 1.29 is 28.6 Å². The van der Waals surface area contributed by atoms with Crippen LogP contribution in [0.5, 0.6) is 0 Å². The van der Waals surface area contributed by atoms with Crippen LogP contribution in [0.25, 0.3) is 0 Å². The number of likely N-dealkylation sites (tertiary alicyclic amines) is 1. The molecule has 2 unspecified atom stereocenters. The van der Waals surface area contributed by atoms with Crippen LogP contribution in [-0.2, 0) is 25.6 Å². The number of carbonyl (C=O) groups is 3. The molecule has 2 rings (SSSR count). The highest BCUT2D eigenvalue weighted by molar-refractivity contribution is 5.77. The summed E-state index contributed by atoms with van der Waals surface area (Å²) in [7, 11) is 1.28. The van der Waals surface area contributed by atoms with Gasteiger partial charge in [0.25, 0.3) is 0 Å². The van der Waals surface area contributed by atoms with Gasteiger partial charge in [-0.15, -0.1) is 0 Å². The maximum Gasteiger partial charge on any atom is 0.410 e. The molecule has 0 saturated carbocycles. The van der Waals surface area contributed by atoms with Crippen molar-refractivity contribution in [1.82, 2.24) is 10.2 Å². The van der Waals surface area contributed by atoms with Gasteiger partial charge in [0.2, 0.25) is 0 Å². The lowest BCUT2D eigenvalue weighted by Gasteiger charge is -2.37. The molecular formula is C20H28N2O6. The molecule has 1 aromatic rings. The summed E-state index contributed by atoms with van der Waals surface area (Å²) in [6, 6.07) is 8.80. The number of esters is 1. The van der Waals surface area contributed by atoms with Crippen LogP contribution in [0.4, 0.5) is 9.59 Å². The van der Waals surface area contributed by atoms with Gasteiger partial charge in [0.1, 0.15) is 12.2 Å². The van der Waals surface area contributed by atoms with E-state index in [0.29, 0.717) is 13.0 Å². The number of carbonyl (C=O) groups excluding carboxylic acids is 3. The Balaban J connectivity index is 1.95. The highest BCUT2D eigenvalue weighted by Gasteiger charge is 2.39. The predicted molar refractivity (Wildman–Crippen MR) is 101 cm³/mol. The van der Waals surface area contributed by atoms with E-state index in [9.17, 15) is 14.4 Å². The van der Waals surface area contributed by atoms with Crippen molar-refractivity contribution in [3.63, 3.8) is 0 Å². The summed E-state index contributed by atoms with van der Waals surface area (Å²) in [5, 5.41) is 2.72. The fourth-order valence-electron chi connectivity index (χ4n) is 2.92. The third kappa shape index (κ3) is 6.44. The van der Waals surface area contributed by atoms with Crippen molar-refractivity contribution >= 4 is 18.2 Å². The summed E-state index contributed by atoms with van der Waals surface area (Å²) in [5.74, 6) is -1.20. The molecule has 0 aliphatic carbocycles.